The van der Waals surface area contributed by atoms with E-state index in [2.05, 4.69) is 20.2 Å². The SMILES string of the molecule is Cl.Cl.Nc1cncnc1N1CCNCC1. The summed E-state index contributed by atoms with van der Waals surface area (Å²) in [7, 11) is 0. The number of aromatic nitrogens is 2. The van der Waals surface area contributed by atoms with E-state index in [0.717, 1.165) is 32.0 Å². The summed E-state index contributed by atoms with van der Waals surface area (Å²) in [6, 6.07) is 0. The average molecular weight is 252 g/mol. The molecule has 0 saturated carbocycles. The van der Waals surface area contributed by atoms with Gasteiger partial charge >= 0.3 is 0 Å². The molecule has 0 unspecified atom stereocenters. The lowest BCUT2D eigenvalue weighted by Gasteiger charge is -2.28. The first-order valence-electron chi connectivity index (χ1n) is 4.39. The van der Waals surface area contributed by atoms with Crippen LogP contribution in [0.1, 0.15) is 0 Å². The minimum Gasteiger partial charge on any atom is -0.394 e. The number of nitrogens with one attached hydrogen (secondary N) is 1. The summed E-state index contributed by atoms with van der Waals surface area (Å²) in [5.41, 5.74) is 6.42. The molecule has 1 aliphatic rings. The summed E-state index contributed by atoms with van der Waals surface area (Å²) in [6.45, 7) is 3.90. The summed E-state index contributed by atoms with van der Waals surface area (Å²) in [5.74, 6) is 0.858. The fraction of sp³-hybridized carbons (Fsp3) is 0.500. The highest BCUT2D eigenvalue weighted by Gasteiger charge is 2.13. The molecule has 0 bridgehead atoms. The molecular weight excluding hydrogens is 237 g/mol. The first-order valence-corrected chi connectivity index (χ1v) is 4.39. The van der Waals surface area contributed by atoms with Gasteiger partial charge in [-0.05, 0) is 0 Å². The van der Waals surface area contributed by atoms with Gasteiger partial charge in [-0.3, -0.25) is 0 Å². The molecule has 15 heavy (non-hydrogen) atoms. The van der Waals surface area contributed by atoms with Crippen LogP contribution in [0.5, 0.6) is 0 Å². The lowest BCUT2D eigenvalue weighted by molar-refractivity contribution is 0.585. The smallest absolute Gasteiger partial charge is 0.155 e. The van der Waals surface area contributed by atoms with Crippen LogP contribution in [-0.2, 0) is 0 Å². The summed E-state index contributed by atoms with van der Waals surface area (Å²) in [6.07, 6.45) is 3.18. The van der Waals surface area contributed by atoms with Crippen molar-refractivity contribution in [3.05, 3.63) is 12.5 Å². The van der Waals surface area contributed by atoms with Crippen molar-refractivity contribution < 1.29 is 0 Å². The molecule has 1 aromatic rings. The highest BCUT2D eigenvalue weighted by molar-refractivity contribution is 5.85. The molecule has 1 saturated heterocycles. The summed E-state index contributed by atoms with van der Waals surface area (Å²) >= 11 is 0. The summed E-state index contributed by atoms with van der Waals surface area (Å²) < 4.78 is 0. The van der Waals surface area contributed by atoms with E-state index < -0.39 is 0 Å². The zero-order valence-corrected chi connectivity index (χ0v) is 9.85. The third-order valence-corrected chi connectivity index (χ3v) is 2.14. The van der Waals surface area contributed by atoms with E-state index in [4.69, 9.17) is 5.73 Å². The number of rotatable bonds is 1. The Morgan fingerprint density at radius 2 is 1.93 bits per heavy atom. The van der Waals surface area contributed by atoms with Crippen molar-refractivity contribution in [1.82, 2.24) is 15.3 Å². The van der Waals surface area contributed by atoms with Crippen LogP contribution in [-0.4, -0.2) is 36.1 Å². The maximum Gasteiger partial charge on any atom is 0.155 e. The van der Waals surface area contributed by atoms with E-state index in [1.807, 2.05) is 0 Å². The minimum atomic E-state index is 0. The molecule has 0 radical (unpaired) electrons. The maximum absolute atomic E-state index is 5.76. The van der Waals surface area contributed by atoms with Gasteiger partial charge in [0, 0.05) is 26.2 Å². The highest BCUT2D eigenvalue weighted by Crippen LogP contribution is 2.17. The van der Waals surface area contributed by atoms with Crippen LogP contribution in [0.25, 0.3) is 0 Å². The van der Waals surface area contributed by atoms with Gasteiger partial charge in [-0.25, -0.2) is 9.97 Å². The Kier molecular flexibility index (Phi) is 6.31. The number of hydrogen-bond donors (Lipinski definition) is 2. The van der Waals surface area contributed by atoms with Crippen molar-refractivity contribution in [3.8, 4) is 0 Å². The quantitative estimate of drug-likeness (QED) is 0.753. The van der Waals surface area contributed by atoms with Gasteiger partial charge in [0.25, 0.3) is 0 Å². The molecule has 0 spiro atoms. The topological polar surface area (TPSA) is 67.1 Å². The zero-order chi connectivity index (χ0) is 9.10. The van der Waals surface area contributed by atoms with Gasteiger partial charge in [0.05, 0.1) is 11.9 Å². The van der Waals surface area contributed by atoms with Crippen LogP contribution in [0.2, 0.25) is 0 Å². The second-order valence-electron chi connectivity index (χ2n) is 3.04. The minimum absolute atomic E-state index is 0. The van der Waals surface area contributed by atoms with Gasteiger partial charge in [0.2, 0.25) is 0 Å². The Morgan fingerprint density at radius 3 is 2.53 bits per heavy atom. The van der Waals surface area contributed by atoms with Gasteiger partial charge in [0.15, 0.2) is 5.82 Å². The fourth-order valence-corrected chi connectivity index (χ4v) is 1.47. The molecule has 2 heterocycles. The fourth-order valence-electron chi connectivity index (χ4n) is 1.47. The Bertz CT molecular complexity index is 290. The van der Waals surface area contributed by atoms with Crippen LogP contribution in [0.15, 0.2) is 12.5 Å². The van der Waals surface area contributed by atoms with Crippen LogP contribution in [0, 0.1) is 0 Å². The number of hydrogen-bond acceptors (Lipinski definition) is 5. The highest BCUT2D eigenvalue weighted by atomic mass is 35.5. The third kappa shape index (κ3) is 3.37. The average Bonchev–Trinajstić information content (AvgIpc) is 2.20. The normalized spacial score (nSPS) is 15.1. The zero-order valence-electron chi connectivity index (χ0n) is 8.22. The largest absolute Gasteiger partial charge is 0.394 e. The van der Waals surface area contributed by atoms with Gasteiger partial charge in [-0.15, -0.1) is 24.8 Å². The molecule has 0 amide bonds. The number of nitrogens with two attached hydrogens (primary N) is 1. The van der Waals surface area contributed by atoms with E-state index in [9.17, 15) is 0 Å². The first kappa shape index (κ1) is 14.2. The molecule has 1 fully saturated rings. The number of anilines is 2. The van der Waals surface area contributed by atoms with Gasteiger partial charge in [-0.2, -0.15) is 0 Å². The van der Waals surface area contributed by atoms with Crippen LogP contribution in [0.3, 0.4) is 0 Å². The van der Waals surface area contributed by atoms with E-state index in [-0.39, 0.29) is 24.8 Å². The van der Waals surface area contributed by atoms with Crippen LogP contribution in [0.4, 0.5) is 11.5 Å². The molecule has 7 heteroatoms. The van der Waals surface area contributed by atoms with Gasteiger partial charge < -0.3 is 16.0 Å². The second kappa shape index (κ2) is 6.66. The lowest BCUT2D eigenvalue weighted by atomic mass is 10.3. The van der Waals surface area contributed by atoms with E-state index in [1.54, 1.807) is 6.20 Å². The second-order valence-corrected chi connectivity index (χ2v) is 3.04. The summed E-state index contributed by atoms with van der Waals surface area (Å²) in [4.78, 5) is 10.2. The van der Waals surface area contributed by atoms with E-state index >= 15 is 0 Å². The lowest BCUT2D eigenvalue weighted by Crippen LogP contribution is -2.44. The maximum atomic E-state index is 5.76. The van der Waals surface area contributed by atoms with Crippen LogP contribution < -0.4 is 16.0 Å². The molecule has 2 rings (SSSR count). The molecule has 3 N–H and O–H groups in total. The Morgan fingerprint density at radius 1 is 1.27 bits per heavy atom. The number of nitrogens with zero attached hydrogens (tertiary/aromatic N) is 3. The molecule has 5 nitrogen and oxygen atoms in total. The van der Waals surface area contributed by atoms with Crippen molar-refractivity contribution >= 4 is 36.3 Å². The number of nitrogen functional groups attached to an aromatic ring is 1. The third-order valence-electron chi connectivity index (χ3n) is 2.14. The molecule has 86 valence electrons. The number of piperazine rings is 1. The molecule has 0 aliphatic carbocycles. The van der Waals surface area contributed by atoms with Crippen molar-refractivity contribution in [3.63, 3.8) is 0 Å². The van der Waals surface area contributed by atoms with Crippen molar-refractivity contribution in [1.29, 1.82) is 0 Å². The summed E-state index contributed by atoms with van der Waals surface area (Å²) in [5, 5.41) is 3.28. The monoisotopic (exact) mass is 251 g/mol. The molecule has 0 aromatic carbocycles. The van der Waals surface area contributed by atoms with Gasteiger partial charge in [0.1, 0.15) is 6.33 Å². The Balaban J connectivity index is 0.000000980. The molecule has 1 aromatic heterocycles. The van der Waals surface area contributed by atoms with E-state index in [0.29, 0.717) is 5.69 Å². The Hall–Kier alpha value is -0.780. The number of halogens is 2. The molecule has 1 aliphatic heterocycles. The predicted molar refractivity (Wildman–Crippen MR) is 66.0 cm³/mol. The van der Waals surface area contributed by atoms with Crippen molar-refractivity contribution in [2.45, 2.75) is 0 Å². The molecule has 0 atom stereocenters. The predicted octanol–water partition coefficient (Wildman–Crippen LogP) is 0.312. The first-order chi connectivity index (χ1) is 6.38. The Labute approximate surface area is 101 Å². The van der Waals surface area contributed by atoms with Crippen molar-refractivity contribution in [2.24, 2.45) is 0 Å². The molecular formula is C8H15Cl2N5. The van der Waals surface area contributed by atoms with E-state index in [1.165, 1.54) is 6.33 Å². The van der Waals surface area contributed by atoms with Gasteiger partial charge in [-0.1, -0.05) is 0 Å². The van der Waals surface area contributed by atoms with Crippen LogP contribution >= 0.6 is 24.8 Å². The standard InChI is InChI=1S/C8H13N5.2ClH/c9-7-5-11-6-12-8(7)13-3-1-10-2-4-13;;/h5-6,10H,1-4,9H2;2*1H. The van der Waals surface area contributed by atoms with Crippen molar-refractivity contribution in [2.75, 3.05) is 36.8 Å².